The van der Waals surface area contributed by atoms with E-state index in [9.17, 15) is 24.3 Å². The van der Waals surface area contributed by atoms with Crippen molar-refractivity contribution in [2.45, 2.75) is 141 Å². The van der Waals surface area contributed by atoms with Crippen LogP contribution in [0.5, 0.6) is 0 Å². The molecule has 13 heteroatoms. The highest BCUT2D eigenvalue weighted by atomic mass is 16.6. The minimum Gasteiger partial charge on any atom is -0.457 e. The van der Waals surface area contributed by atoms with Crippen molar-refractivity contribution in [1.82, 2.24) is 19.6 Å². The number of amides is 3. The fourth-order valence-electron chi connectivity index (χ4n) is 8.47. The highest BCUT2D eigenvalue weighted by molar-refractivity contribution is 5.72. The second kappa shape index (κ2) is 21.3. The van der Waals surface area contributed by atoms with E-state index >= 15 is 0 Å². The van der Waals surface area contributed by atoms with Crippen LogP contribution >= 0.6 is 0 Å². The van der Waals surface area contributed by atoms with E-state index < -0.39 is 42.1 Å². The third kappa shape index (κ3) is 13.0. The predicted octanol–water partition coefficient (Wildman–Crippen LogP) is 6.84. The molecule has 0 spiro atoms. The smallest absolute Gasteiger partial charge is 0.410 e. The number of allylic oxidation sites excluding steroid dienone is 2. The first kappa shape index (κ1) is 43.5. The number of esters is 1. The second-order valence-corrected chi connectivity index (χ2v) is 17.0. The first-order valence-corrected chi connectivity index (χ1v) is 21.4. The monoisotopic (exact) mass is 784 g/mol. The maximum atomic E-state index is 13.7. The average Bonchev–Trinajstić information content (AvgIpc) is 3.87. The summed E-state index contributed by atoms with van der Waals surface area (Å²) in [7, 11) is 0. The zero-order valence-electron chi connectivity index (χ0n) is 34.4. The summed E-state index contributed by atoms with van der Waals surface area (Å²) in [4.78, 5) is 60.2. The molecule has 314 valence electrons. The van der Waals surface area contributed by atoms with Crippen LogP contribution in [0, 0.1) is 11.8 Å². The minimum atomic E-state index is -1.52. The number of likely N-dealkylation sites (tertiary alicyclic amines) is 2. The van der Waals surface area contributed by atoms with Gasteiger partial charge in [0.1, 0.15) is 17.8 Å². The van der Waals surface area contributed by atoms with Crippen LogP contribution in [0.1, 0.15) is 111 Å². The Hall–Kier alpha value is -3.58. The number of carbonyl (C=O) groups is 4. The molecule has 0 bridgehead atoms. The van der Waals surface area contributed by atoms with Gasteiger partial charge in [0.25, 0.3) is 0 Å². The minimum absolute atomic E-state index is 0.0368. The average molecular weight is 785 g/mol. The Bertz CT molecular complexity index is 1390. The maximum Gasteiger partial charge on any atom is 0.410 e. The van der Waals surface area contributed by atoms with Gasteiger partial charge in [0.2, 0.25) is 0 Å². The van der Waals surface area contributed by atoms with Crippen LogP contribution in [-0.2, 0) is 23.7 Å². The molecule has 56 heavy (non-hydrogen) atoms. The van der Waals surface area contributed by atoms with Gasteiger partial charge in [-0.05, 0) is 76.9 Å². The molecule has 0 aromatic heterocycles. The lowest BCUT2D eigenvalue weighted by Crippen LogP contribution is -2.53. The molecule has 4 fully saturated rings. The first-order chi connectivity index (χ1) is 26.9. The van der Waals surface area contributed by atoms with Crippen molar-refractivity contribution in [3.63, 3.8) is 0 Å². The molecule has 5 aliphatic rings. The van der Waals surface area contributed by atoms with Gasteiger partial charge in [-0.25, -0.2) is 14.4 Å². The molecule has 3 saturated heterocycles. The van der Waals surface area contributed by atoms with Gasteiger partial charge in [-0.15, -0.1) is 0 Å². The molecular formula is C43H68N4O9. The lowest BCUT2D eigenvalue weighted by atomic mass is 9.88. The molecule has 0 aromatic rings. The number of carbonyl (C=O) groups excluding carboxylic acids is 4. The zero-order chi connectivity index (χ0) is 40.1. The summed E-state index contributed by atoms with van der Waals surface area (Å²) in [6.45, 7) is 13.0. The largest absolute Gasteiger partial charge is 0.457 e. The van der Waals surface area contributed by atoms with Gasteiger partial charge in [0.15, 0.2) is 6.10 Å². The molecule has 4 heterocycles. The Balaban J connectivity index is 1.28. The van der Waals surface area contributed by atoms with Gasteiger partial charge in [-0.1, -0.05) is 63.8 Å². The number of hydrogen-bond acceptors (Lipinski definition) is 10. The fraction of sp³-hybridized carbons (Fsp3) is 0.767. The third-order valence-corrected chi connectivity index (χ3v) is 12.2. The number of aliphatic hydroxyl groups is 1. The highest BCUT2D eigenvalue weighted by Crippen LogP contribution is 2.29. The fourth-order valence-corrected chi connectivity index (χ4v) is 8.47. The standard InChI is InChI=1S/C43H68N4O9/c1-32(31-53-40(49)45-22-9-10-23-45)14-13-15-33(2)39-34(3)18-19-37(55-42(51)47-28-26-44(27-29-47)35-16-7-5-6-8-17-35)43(4,52)21-20-36(30-38(48)56-39)54-41(50)46-24-11-12-25-46/h13-15,18-19,32,34-37,39,52H,5-12,16-17,20-31H2,1-4H3/b14-13+,19-18+,33-15+/t32-,34+,36-,37+,39-,43-/m1/s1. The number of nitrogens with zero attached hydrogens (tertiary/aromatic N) is 4. The van der Waals surface area contributed by atoms with Gasteiger partial charge < -0.3 is 38.8 Å². The van der Waals surface area contributed by atoms with Crippen molar-refractivity contribution in [2.24, 2.45) is 11.8 Å². The summed E-state index contributed by atoms with van der Waals surface area (Å²) in [6.07, 6.45) is 16.9. The number of ether oxygens (including phenoxy) is 4. The first-order valence-electron chi connectivity index (χ1n) is 21.4. The third-order valence-electron chi connectivity index (χ3n) is 12.2. The summed E-state index contributed by atoms with van der Waals surface area (Å²) in [5.41, 5.74) is -0.755. The predicted molar refractivity (Wildman–Crippen MR) is 213 cm³/mol. The van der Waals surface area contributed by atoms with Crippen molar-refractivity contribution in [3.8, 4) is 0 Å². The SMILES string of the molecule is C/C(=C\C=C\[C@@H](C)COC(=O)N1CCCC1)[C@H]1OC(=O)C[C@H](OC(=O)N2CCCC2)CC[C@@](C)(O)[C@@H](OC(=O)N2CCN(C3CCCCCC3)CC2)/C=C/[C@@H]1C. The molecular weight excluding hydrogens is 716 g/mol. The molecule has 4 aliphatic heterocycles. The Morgan fingerprint density at radius 1 is 0.839 bits per heavy atom. The zero-order valence-corrected chi connectivity index (χ0v) is 34.4. The molecule has 0 aromatic carbocycles. The quantitative estimate of drug-likeness (QED) is 0.0916. The van der Waals surface area contributed by atoms with Crippen LogP contribution < -0.4 is 0 Å². The van der Waals surface area contributed by atoms with Crippen LogP contribution in [0.25, 0.3) is 0 Å². The van der Waals surface area contributed by atoms with Crippen LogP contribution in [0.2, 0.25) is 0 Å². The Labute approximate surface area is 334 Å². The van der Waals surface area contributed by atoms with Crippen molar-refractivity contribution in [2.75, 3.05) is 59.0 Å². The molecule has 3 amide bonds. The normalized spacial score (nSPS) is 30.6. The molecule has 13 nitrogen and oxygen atoms in total. The lowest BCUT2D eigenvalue weighted by Gasteiger charge is -2.40. The van der Waals surface area contributed by atoms with Gasteiger partial charge >= 0.3 is 24.2 Å². The Morgan fingerprint density at radius 2 is 1.43 bits per heavy atom. The van der Waals surface area contributed by atoms with E-state index in [1.807, 2.05) is 45.1 Å². The Kier molecular flexibility index (Phi) is 16.5. The number of hydrogen-bond donors (Lipinski definition) is 1. The van der Waals surface area contributed by atoms with Crippen LogP contribution in [0.4, 0.5) is 14.4 Å². The molecule has 1 aliphatic carbocycles. The Morgan fingerprint density at radius 3 is 2.07 bits per heavy atom. The summed E-state index contributed by atoms with van der Waals surface area (Å²) >= 11 is 0. The molecule has 1 saturated carbocycles. The lowest BCUT2D eigenvalue weighted by molar-refractivity contribution is -0.151. The molecule has 5 rings (SSSR count). The maximum absolute atomic E-state index is 13.7. The number of rotatable bonds is 8. The van der Waals surface area contributed by atoms with E-state index in [0.717, 1.165) is 57.4 Å². The van der Waals surface area contributed by atoms with Crippen molar-refractivity contribution >= 4 is 24.2 Å². The topological polar surface area (TPSA) is 138 Å². The van der Waals surface area contributed by atoms with Gasteiger partial charge in [-0.3, -0.25) is 9.69 Å². The second-order valence-electron chi connectivity index (χ2n) is 17.0. The van der Waals surface area contributed by atoms with E-state index in [2.05, 4.69) is 4.90 Å². The van der Waals surface area contributed by atoms with Crippen LogP contribution in [0.3, 0.4) is 0 Å². The summed E-state index contributed by atoms with van der Waals surface area (Å²) in [5.74, 6) is -0.919. The molecule has 0 unspecified atom stereocenters. The van der Waals surface area contributed by atoms with E-state index in [0.29, 0.717) is 32.2 Å². The van der Waals surface area contributed by atoms with E-state index in [1.165, 1.54) is 38.5 Å². The van der Waals surface area contributed by atoms with Gasteiger partial charge in [0, 0.05) is 70.2 Å². The molecule has 0 radical (unpaired) electrons. The number of piperazine rings is 1. The van der Waals surface area contributed by atoms with E-state index in [-0.39, 0.29) is 43.8 Å². The summed E-state index contributed by atoms with van der Waals surface area (Å²) in [6, 6.07) is 0.572. The number of cyclic esters (lactones) is 1. The van der Waals surface area contributed by atoms with Crippen molar-refractivity contribution < 1.29 is 43.2 Å². The van der Waals surface area contributed by atoms with Crippen LogP contribution in [-0.4, -0.2) is 138 Å². The summed E-state index contributed by atoms with van der Waals surface area (Å²) in [5, 5.41) is 11.9. The van der Waals surface area contributed by atoms with Crippen molar-refractivity contribution in [3.05, 3.63) is 36.0 Å². The molecule has 1 N–H and O–H groups in total. The van der Waals surface area contributed by atoms with E-state index in [1.54, 1.807) is 27.7 Å². The van der Waals surface area contributed by atoms with Crippen molar-refractivity contribution in [1.29, 1.82) is 0 Å². The van der Waals surface area contributed by atoms with Crippen LogP contribution in [0.15, 0.2) is 36.0 Å². The van der Waals surface area contributed by atoms with Gasteiger partial charge in [0.05, 0.1) is 13.0 Å². The molecule has 6 atom stereocenters. The highest BCUT2D eigenvalue weighted by Gasteiger charge is 2.38. The van der Waals surface area contributed by atoms with E-state index in [4.69, 9.17) is 18.9 Å². The summed E-state index contributed by atoms with van der Waals surface area (Å²) < 4.78 is 23.6. The van der Waals surface area contributed by atoms with Gasteiger partial charge in [-0.2, -0.15) is 0 Å².